The first-order chi connectivity index (χ1) is 9.94. The summed E-state index contributed by atoms with van der Waals surface area (Å²) in [4.78, 5) is -0.381. The number of halogens is 1. The van der Waals surface area contributed by atoms with Gasteiger partial charge in [0, 0.05) is 12.6 Å². The van der Waals surface area contributed by atoms with Crippen molar-refractivity contribution in [2.75, 3.05) is 0 Å². The van der Waals surface area contributed by atoms with Crippen LogP contribution in [0.2, 0.25) is 0 Å². The summed E-state index contributed by atoms with van der Waals surface area (Å²) in [7, 11) is -3.95. The van der Waals surface area contributed by atoms with E-state index in [0.29, 0.717) is 5.56 Å². The van der Waals surface area contributed by atoms with Crippen LogP contribution in [0, 0.1) is 5.82 Å². The molecule has 0 aliphatic rings. The summed E-state index contributed by atoms with van der Waals surface area (Å²) in [5, 5.41) is 0. The zero-order valence-electron chi connectivity index (χ0n) is 11.6. The van der Waals surface area contributed by atoms with Crippen LogP contribution in [-0.4, -0.2) is 8.42 Å². The molecule has 0 aliphatic carbocycles. The molecule has 0 aromatic heterocycles. The van der Waals surface area contributed by atoms with Gasteiger partial charge in [0.1, 0.15) is 10.7 Å². The average Bonchev–Trinajstić information content (AvgIpc) is 2.48. The monoisotopic (exact) mass is 308 g/mol. The molecule has 3 N–H and O–H groups in total. The number of hydrogen-bond donors (Lipinski definition) is 2. The molecule has 2 rings (SSSR count). The largest absolute Gasteiger partial charge is 0.326 e. The van der Waals surface area contributed by atoms with E-state index in [1.165, 1.54) is 12.1 Å². The Morgan fingerprint density at radius 2 is 1.86 bits per heavy atom. The van der Waals surface area contributed by atoms with Crippen molar-refractivity contribution < 1.29 is 12.8 Å². The lowest BCUT2D eigenvalue weighted by Gasteiger charge is -2.15. The van der Waals surface area contributed by atoms with Crippen molar-refractivity contribution >= 4 is 10.0 Å². The van der Waals surface area contributed by atoms with Crippen LogP contribution >= 0.6 is 0 Å². The third kappa shape index (κ3) is 3.66. The molecule has 0 saturated carbocycles. The third-order valence-electron chi connectivity index (χ3n) is 3.15. The molecule has 21 heavy (non-hydrogen) atoms. The minimum atomic E-state index is -3.95. The van der Waals surface area contributed by atoms with Gasteiger partial charge in [-0.2, -0.15) is 0 Å². The third-order valence-corrected chi connectivity index (χ3v) is 4.71. The van der Waals surface area contributed by atoms with Crippen LogP contribution in [0.1, 0.15) is 24.1 Å². The molecule has 0 bridgehead atoms. The van der Waals surface area contributed by atoms with Gasteiger partial charge in [0.25, 0.3) is 0 Å². The van der Waals surface area contributed by atoms with Gasteiger partial charge < -0.3 is 5.73 Å². The van der Waals surface area contributed by atoms with Crippen molar-refractivity contribution in [3.8, 4) is 0 Å². The first kappa shape index (κ1) is 15.6. The quantitative estimate of drug-likeness (QED) is 0.890. The fourth-order valence-corrected chi connectivity index (χ4v) is 3.35. The highest BCUT2D eigenvalue weighted by molar-refractivity contribution is 7.89. The van der Waals surface area contributed by atoms with Gasteiger partial charge in [-0.1, -0.05) is 36.4 Å². The molecule has 0 heterocycles. The Morgan fingerprint density at radius 1 is 1.19 bits per heavy atom. The van der Waals surface area contributed by atoms with Gasteiger partial charge >= 0.3 is 0 Å². The average molecular weight is 308 g/mol. The summed E-state index contributed by atoms with van der Waals surface area (Å²) in [6.07, 6.45) is 0. The summed E-state index contributed by atoms with van der Waals surface area (Å²) in [5.41, 5.74) is 6.83. The highest BCUT2D eigenvalue weighted by Crippen LogP contribution is 2.20. The number of rotatable bonds is 5. The van der Waals surface area contributed by atoms with E-state index in [-0.39, 0.29) is 11.4 Å². The number of nitrogens with one attached hydrogen (secondary N) is 1. The van der Waals surface area contributed by atoms with Gasteiger partial charge in [-0.3, -0.25) is 0 Å². The van der Waals surface area contributed by atoms with Crippen molar-refractivity contribution in [3.05, 3.63) is 65.5 Å². The topological polar surface area (TPSA) is 72.2 Å². The van der Waals surface area contributed by atoms with Crippen molar-refractivity contribution in [3.63, 3.8) is 0 Å². The van der Waals surface area contributed by atoms with Crippen LogP contribution in [-0.2, 0) is 16.6 Å². The molecule has 0 spiro atoms. The normalized spacial score (nSPS) is 13.1. The van der Waals surface area contributed by atoms with Gasteiger partial charge in [-0.15, -0.1) is 0 Å². The molecule has 4 nitrogen and oxygen atoms in total. The van der Waals surface area contributed by atoms with E-state index in [2.05, 4.69) is 4.72 Å². The molecule has 1 atom stereocenters. The van der Waals surface area contributed by atoms with E-state index < -0.39 is 21.9 Å². The van der Waals surface area contributed by atoms with Crippen molar-refractivity contribution in [1.29, 1.82) is 0 Å². The molecule has 2 aromatic carbocycles. The van der Waals surface area contributed by atoms with Crippen molar-refractivity contribution in [2.24, 2.45) is 5.73 Å². The zero-order valence-corrected chi connectivity index (χ0v) is 12.4. The van der Waals surface area contributed by atoms with Crippen molar-refractivity contribution in [1.82, 2.24) is 4.72 Å². The lowest BCUT2D eigenvalue weighted by atomic mass is 10.1. The maximum Gasteiger partial charge on any atom is 0.244 e. The van der Waals surface area contributed by atoms with Crippen LogP contribution in [0.5, 0.6) is 0 Å². The second kappa shape index (κ2) is 6.34. The summed E-state index contributed by atoms with van der Waals surface area (Å²) in [5.74, 6) is -0.792. The van der Waals surface area contributed by atoms with Crippen molar-refractivity contribution in [2.45, 2.75) is 24.4 Å². The van der Waals surface area contributed by atoms with E-state index in [0.717, 1.165) is 11.6 Å². The van der Waals surface area contributed by atoms with E-state index in [1.54, 1.807) is 19.1 Å². The maximum absolute atomic E-state index is 13.8. The van der Waals surface area contributed by atoms with E-state index in [1.807, 2.05) is 18.2 Å². The molecule has 0 radical (unpaired) electrons. The molecule has 0 amide bonds. The molecule has 112 valence electrons. The Labute approximate surface area is 123 Å². The first-order valence-electron chi connectivity index (χ1n) is 6.50. The summed E-state index contributed by atoms with van der Waals surface area (Å²) < 4.78 is 40.9. The molecule has 0 aliphatic heterocycles. The zero-order chi connectivity index (χ0) is 15.5. The molecule has 0 fully saturated rings. The van der Waals surface area contributed by atoms with Crippen LogP contribution in [0.3, 0.4) is 0 Å². The minimum Gasteiger partial charge on any atom is -0.326 e. The van der Waals surface area contributed by atoms with Gasteiger partial charge in [-0.25, -0.2) is 17.5 Å². The fourth-order valence-electron chi connectivity index (χ4n) is 1.99. The Morgan fingerprint density at radius 3 is 2.48 bits per heavy atom. The van der Waals surface area contributed by atoms with Gasteiger partial charge in [0.15, 0.2) is 0 Å². The van der Waals surface area contributed by atoms with Crippen LogP contribution in [0.15, 0.2) is 53.4 Å². The van der Waals surface area contributed by atoms with E-state index in [4.69, 9.17) is 5.73 Å². The van der Waals surface area contributed by atoms with E-state index in [9.17, 15) is 12.8 Å². The molecule has 0 saturated heterocycles. The lowest BCUT2D eigenvalue weighted by molar-refractivity contribution is 0.546. The summed E-state index contributed by atoms with van der Waals surface area (Å²) >= 11 is 0. The smallest absolute Gasteiger partial charge is 0.244 e. The molecule has 6 heteroatoms. The minimum absolute atomic E-state index is 0.150. The Balaban J connectivity index is 2.30. The Kier molecular flexibility index (Phi) is 4.72. The van der Waals surface area contributed by atoms with Crippen LogP contribution < -0.4 is 10.5 Å². The SMILES string of the molecule is CC(NS(=O)(=O)c1cc(CN)ccc1F)c1ccccc1. The summed E-state index contributed by atoms with van der Waals surface area (Å²) in [6.45, 7) is 1.86. The van der Waals surface area contributed by atoms with Gasteiger partial charge in [-0.05, 0) is 30.2 Å². The molecular formula is C15H17FN2O2S. The number of benzene rings is 2. The van der Waals surface area contributed by atoms with Crippen LogP contribution in [0.4, 0.5) is 4.39 Å². The second-order valence-electron chi connectivity index (χ2n) is 4.72. The second-order valence-corrected chi connectivity index (χ2v) is 6.40. The number of hydrogen-bond acceptors (Lipinski definition) is 3. The summed E-state index contributed by atoms with van der Waals surface area (Å²) in [6, 6.07) is 12.5. The lowest BCUT2D eigenvalue weighted by Crippen LogP contribution is -2.27. The van der Waals surface area contributed by atoms with Crippen LogP contribution in [0.25, 0.3) is 0 Å². The Hall–Kier alpha value is -1.76. The first-order valence-corrected chi connectivity index (χ1v) is 7.98. The number of sulfonamides is 1. The highest BCUT2D eigenvalue weighted by atomic mass is 32.2. The molecule has 1 unspecified atom stereocenters. The van der Waals surface area contributed by atoms with E-state index >= 15 is 0 Å². The molecular weight excluding hydrogens is 291 g/mol. The predicted octanol–water partition coefficient (Wildman–Crippen LogP) is 2.32. The number of nitrogens with two attached hydrogens (primary N) is 1. The Bertz CT molecular complexity index is 718. The van der Waals surface area contributed by atoms with Gasteiger partial charge in [0.2, 0.25) is 10.0 Å². The van der Waals surface area contributed by atoms with Gasteiger partial charge in [0.05, 0.1) is 0 Å². The standard InChI is InChI=1S/C15H17FN2O2S/c1-11(13-5-3-2-4-6-13)18-21(19,20)15-9-12(10-17)7-8-14(15)16/h2-9,11,18H,10,17H2,1H3. The predicted molar refractivity (Wildman–Crippen MR) is 79.5 cm³/mol. The fraction of sp³-hybridized carbons (Fsp3) is 0.200. The highest BCUT2D eigenvalue weighted by Gasteiger charge is 2.22. The molecule has 2 aromatic rings. The maximum atomic E-state index is 13.8.